The van der Waals surface area contributed by atoms with Gasteiger partial charge in [0.25, 0.3) is 0 Å². The maximum atomic E-state index is 13.2. The Kier molecular flexibility index (Phi) is 5.48. The predicted octanol–water partition coefficient (Wildman–Crippen LogP) is 2.96. The number of carbonyl (C=O) groups excluding carboxylic acids is 1. The molecule has 0 spiro atoms. The number of benzene rings is 1. The van der Waals surface area contributed by atoms with Crippen LogP contribution in [0.4, 0.5) is 10.1 Å². The van der Waals surface area contributed by atoms with Gasteiger partial charge in [0, 0.05) is 30.7 Å². The number of amides is 1. The highest BCUT2D eigenvalue weighted by molar-refractivity contribution is 5.93. The summed E-state index contributed by atoms with van der Waals surface area (Å²) in [6, 6.07) is 6.14. The van der Waals surface area contributed by atoms with Crippen LogP contribution in [0.1, 0.15) is 34.1 Å². The van der Waals surface area contributed by atoms with E-state index in [1.165, 1.54) is 12.1 Å². The van der Waals surface area contributed by atoms with E-state index in [1.807, 2.05) is 6.92 Å². The minimum atomic E-state index is -0.323. The lowest BCUT2D eigenvalue weighted by Gasteiger charge is -2.24. The van der Waals surface area contributed by atoms with Crippen LogP contribution >= 0.6 is 0 Å². The smallest absolute Gasteiger partial charge is 0.228 e. The van der Waals surface area contributed by atoms with E-state index in [0.717, 1.165) is 0 Å². The van der Waals surface area contributed by atoms with E-state index in [9.17, 15) is 9.18 Å². The van der Waals surface area contributed by atoms with Crippen LogP contribution in [-0.2, 0) is 4.79 Å². The highest BCUT2D eigenvalue weighted by Crippen LogP contribution is 2.16. The lowest BCUT2D eigenvalue weighted by molar-refractivity contribution is -0.118. The summed E-state index contributed by atoms with van der Waals surface area (Å²) in [5.74, 6) is -0.318. The zero-order chi connectivity index (χ0) is 14.5. The molecule has 0 fully saturated rings. The van der Waals surface area contributed by atoms with E-state index in [2.05, 4.69) is 26.1 Å². The van der Waals surface area contributed by atoms with Gasteiger partial charge in [-0.1, -0.05) is 6.07 Å². The third-order valence-electron chi connectivity index (χ3n) is 2.73. The SMILES string of the molecule is CCN(C(=O)CCNC(C)(C)C)c1cccc(F)c1. The minimum Gasteiger partial charge on any atom is -0.313 e. The molecule has 0 aliphatic heterocycles. The van der Waals surface area contributed by atoms with E-state index >= 15 is 0 Å². The first kappa shape index (κ1) is 15.6. The van der Waals surface area contributed by atoms with Crippen LogP contribution in [0.5, 0.6) is 0 Å². The zero-order valence-corrected chi connectivity index (χ0v) is 12.2. The van der Waals surface area contributed by atoms with Crippen molar-refractivity contribution in [1.29, 1.82) is 0 Å². The summed E-state index contributed by atoms with van der Waals surface area (Å²) in [4.78, 5) is 13.7. The van der Waals surface area contributed by atoms with Gasteiger partial charge in [0.2, 0.25) is 5.91 Å². The lowest BCUT2D eigenvalue weighted by Crippen LogP contribution is -2.39. The van der Waals surface area contributed by atoms with Gasteiger partial charge in [-0.15, -0.1) is 0 Å². The van der Waals surface area contributed by atoms with Gasteiger partial charge >= 0.3 is 0 Å². The molecule has 0 bridgehead atoms. The van der Waals surface area contributed by atoms with Crippen molar-refractivity contribution in [2.24, 2.45) is 0 Å². The fraction of sp³-hybridized carbons (Fsp3) is 0.533. The molecule has 1 aromatic rings. The van der Waals surface area contributed by atoms with E-state index < -0.39 is 0 Å². The molecule has 0 radical (unpaired) electrons. The molecular weight excluding hydrogens is 243 g/mol. The molecule has 0 saturated carbocycles. The van der Waals surface area contributed by atoms with Crippen molar-refractivity contribution < 1.29 is 9.18 Å². The van der Waals surface area contributed by atoms with Gasteiger partial charge in [0.15, 0.2) is 0 Å². The molecule has 1 rings (SSSR count). The average Bonchev–Trinajstić information content (AvgIpc) is 2.28. The predicted molar refractivity (Wildman–Crippen MR) is 76.8 cm³/mol. The van der Waals surface area contributed by atoms with Gasteiger partial charge in [-0.25, -0.2) is 4.39 Å². The average molecular weight is 266 g/mol. The molecule has 0 aliphatic carbocycles. The van der Waals surface area contributed by atoms with Crippen molar-refractivity contribution in [3.05, 3.63) is 30.1 Å². The molecule has 0 atom stereocenters. The monoisotopic (exact) mass is 266 g/mol. The maximum absolute atomic E-state index is 13.2. The number of hydrogen-bond donors (Lipinski definition) is 1. The Balaban J connectivity index is 2.62. The van der Waals surface area contributed by atoms with Crippen molar-refractivity contribution >= 4 is 11.6 Å². The maximum Gasteiger partial charge on any atom is 0.228 e. The summed E-state index contributed by atoms with van der Waals surface area (Å²) in [7, 11) is 0. The molecule has 0 aliphatic rings. The first-order valence-corrected chi connectivity index (χ1v) is 6.64. The highest BCUT2D eigenvalue weighted by atomic mass is 19.1. The van der Waals surface area contributed by atoms with Crippen molar-refractivity contribution in [2.75, 3.05) is 18.0 Å². The Bertz CT molecular complexity index is 426. The second kappa shape index (κ2) is 6.66. The number of hydrogen-bond acceptors (Lipinski definition) is 2. The fourth-order valence-corrected chi connectivity index (χ4v) is 1.83. The molecule has 0 heterocycles. The van der Waals surface area contributed by atoms with Crippen LogP contribution in [-0.4, -0.2) is 24.5 Å². The molecule has 3 nitrogen and oxygen atoms in total. The summed E-state index contributed by atoms with van der Waals surface area (Å²) < 4.78 is 13.2. The molecule has 19 heavy (non-hydrogen) atoms. The standard InChI is InChI=1S/C15H23FN2O/c1-5-18(13-8-6-7-12(16)11-13)14(19)9-10-17-15(2,3)4/h6-8,11,17H,5,9-10H2,1-4H3. The quantitative estimate of drug-likeness (QED) is 0.888. The first-order valence-electron chi connectivity index (χ1n) is 6.64. The highest BCUT2D eigenvalue weighted by Gasteiger charge is 2.15. The summed E-state index contributed by atoms with van der Waals surface area (Å²) in [5, 5.41) is 3.27. The zero-order valence-electron chi connectivity index (χ0n) is 12.2. The summed E-state index contributed by atoms with van der Waals surface area (Å²) >= 11 is 0. The third kappa shape index (κ3) is 5.39. The van der Waals surface area contributed by atoms with E-state index in [4.69, 9.17) is 0 Å². The van der Waals surface area contributed by atoms with Gasteiger partial charge in [-0.3, -0.25) is 4.79 Å². The van der Waals surface area contributed by atoms with Crippen molar-refractivity contribution in [3.63, 3.8) is 0 Å². The van der Waals surface area contributed by atoms with Crippen molar-refractivity contribution in [3.8, 4) is 0 Å². The molecule has 0 aromatic heterocycles. The largest absolute Gasteiger partial charge is 0.313 e. The van der Waals surface area contributed by atoms with Crippen LogP contribution in [0.3, 0.4) is 0 Å². The molecule has 1 aromatic carbocycles. The molecule has 1 N–H and O–H groups in total. The van der Waals surface area contributed by atoms with Gasteiger partial charge < -0.3 is 10.2 Å². The molecule has 0 unspecified atom stereocenters. The summed E-state index contributed by atoms with van der Waals surface area (Å²) in [6.45, 7) is 9.22. The summed E-state index contributed by atoms with van der Waals surface area (Å²) in [6.07, 6.45) is 0.404. The Labute approximate surface area is 114 Å². The van der Waals surface area contributed by atoms with Crippen LogP contribution < -0.4 is 10.2 Å². The third-order valence-corrected chi connectivity index (χ3v) is 2.73. The first-order chi connectivity index (χ1) is 8.83. The molecule has 106 valence electrons. The van der Waals surface area contributed by atoms with Gasteiger partial charge in [-0.2, -0.15) is 0 Å². The Morgan fingerprint density at radius 2 is 2.05 bits per heavy atom. The van der Waals surface area contributed by atoms with E-state index in [1.54, 1.807) is 17.0 Å². The van der Waals surface area contributed by atoms with Crippen molar-refractivity contribution in [1.82, 2.24) is 5.32 Å². The van der Waals surface area contributed by atoms with E-state index in [-0.39, 0.29) is 17.3 Å². The second-order valence-electron chi connectivity index (χ2n) is 5.54. The minimum absolute atomic E-state index is 0.00379. The van der Waals surface area contributed by atoms with Crippen LogP contribution in [0.2, 0.25) is 0 Å². The van der Waals surface area contributed by atoms with Crippen LogP contribution in [0.25, 0.3) is 0 Å². The number of rotatable bonds is 5. The van der Waals surface area contributed by atoms with E-state index in [0.29, 0.717) is 25.2 Å². The van der Waals surface area contributed by atoms with Gasteiger partial charge in [0.05, 0.1) is 0 Å². The molecule has 0 saturated heterocycles. The number of halogens is 1. The summed E-state index contributed by atoms with van der Waals surface area (Å²) in [5.41, 5.74) is 0.610. The molecule has 1 amide bonds. The number of anilines is 1. The normalized spacial score (nSPS) is 11.4. The second-order valence-corrected chi connectivity index (χ2v) is 5.54. The Morgan fingerprint density at radius 1 is 1.37 bits per heavy atom. The van der Waals surface area contributed by atoms with Crippen molar-refractivity contribution in [2.45, 2.75) is 39.7 Å². The number of nitrogens with zero attached hydrogens (tertiary/aromatic N) is 1. The topological polar surface area (TPSA) is 32.3 Å². The van der Waals surface area contributed by atoms with Gasteiger partial charge in [0.1, 0.15) is 5.82 Å². The number of carbonyl (C=O) groups is 1. The molecule has 4 heteroatoms. The Hall–Kier alpha value is -1.42. The number of nitrogens with one attached hydrogen (secondary N) is 1. The Morgan fingerprint density at radius 3 is 2.58 bits per heavy atom. The fourth-order valence-electron chi connectivity index (χ4n) is 1.83. The lowest BCUT2D eigenvalue weighted by atomic mass is 10.1. The van der Waals surface area contributed by atoms with Gasteiger partial charge in [-0.05, 0) is 45.9 Å². The van der Waals surface area contributed by atoms with Crippen LogP contribution in [0.15, 0.2) is 24.3 Å². The molecular formula is C15H23FN2O. The van der Waals surface area contributed by atoms with Crippen LogP contribution in [0, 0.1) is 5.82 Å².